The molecule has 0 saturated carbocycles. The highest BCUT2D eigenvalue weighted by atomic mass is 19.4. The zero-order valence-corrected chi connectivity index (χ0v) is 13.4. The molecule has 1 aliphatic heterocycles. The molecule has 132 valence electrons. The number of carbonyl (C=O) groups is 1. The van der Waals surface area contributed by atoms with Gasteiger partial charge < -0.3 is 10.1 Å². The molecule has 8 heteroatoms. The number of hydrogen-bond acceptors (Lipinski definition) is 3. The highest BCUT2D eigenvalue weighted by Crippen LogP contribution is 2.42. The Morgan fingerprint density at radius 3 is 2.84 bits per heavy atom. The first-order valence-electron chi connectivity index (χ1n) is 7.75. The Labute approximate surface area is 142 Å². The van der Waals surface area contributed by atoms with Gasteiger partial charge in [-0.1, -0.05) is 0 Å². The molecule has 1 N–H and O–H groups in total. The van der Waals surface area contributed by atoms with Crippen LogP contribution in [0.15, 0.2) is 36.7 Å². The van der Waals surface area contributed by atoms with Crippen LogP contribution in [0.3, 0.4) is 0 Å². The number of aromatic nitrogens is 1. The Morgan fingerprint density at radius 1 is 1.40 bits per heavy atom. The van der Waals surface area contributed by atoms with Crippen LogP contribution < -0.4 is 15.0 Å². The zero-order valence-electron chi connectivity index (χ0n) is 13.4. The molecule has 3 rings (SSSR count). The summed E-state index contributed by atoms with van der Waals surface area (Å²) in [6, 6.07) is 5.17. The van der Waals surface area contributed by atoms with E-state index in [1.807, 2.05) is 0 Å². The van der Waals surface area contributed by atoms with Gasteiger partial charge in [-0.25, -0.2) is 4.79 Å². The third kappa shape index (κ3) is 3.52. The minimum Gasteiger partial charge on any atom is -0.493 e. The number of alkyl halides is 3. The zero-order chi connectivity index (χ0) is 18.0. The SMILES string of the molecule is CCOc1cc2c(cc1C(F)(F)F)N(C(=O)Nc1cccnc1)CC2. The number of pyridine rings is 1. The average molecular weight is 351 g/mol. The largest absolute Gasteiger partial charge is 0.493 e. The number of carbonyl (C=O) groups excluding carboxylic acids is 1. The maximum atomic E-state index is 13.3. The van der Waals surface area contributed by atoms with E-state index in [9.17, 15) is 18.0 Å². The summed E-state index contributed by atoms with van der Waals surface area (Å²) >= 11 is 0. The lowest BCUT2D eigenvalue weighted by molar-refractivity contribution is -0.138. The number of nitrogens with one attached hydrogen (secondary N) is 1. The summed E-state index contributed by atoms with van der Waals surface area (Å²) in [5.41, 5.74) is 0.493. The summed E-state index contributed by atoms with van der Waals surface area (Å²) in [4.78, 5) is 17.6. The number of nitrogens with zero attached hydrogens (tertiary/aromatic N) is 2. The van der Waals surface area contributed by atoms with E-state index in [0.717, 1.165) is 6.07 Å². The number of halogens is 3. The van der Waals surface area contributed by atoms with E-state index in [4.69, 9.17) is 4.74 Å². The summed E-state index contributed by atoms with van der Waals surface area (Å²) < 4.78 is 45.1. The molecule has 2 heterocycles. The summed E-state index contributed by atoms with van der Waals surface area (Å²) in [6.07, 6.45) is -1.07. The van der Waals surface area contributed by atoms with Crippen LogP contribution in [0.5, 0.6) is 5.75 Å². The second-order valence-corrected chi connectivity index (χ2v) is 5.48. The number of amides is 2. The van der Waals surface area contributed by atoms with Crippen LogP contribution in [0, 0.1) is 0 Å². The number of anilines is 2. The van der Waals surface area contributed by atoms with Gasteiger partial charge in [0.1, 0.15) is 5.75 Å². The maximum absolute atomic E-state index is 13.3. The van der Waals surface area contributed by atoms with Crippen LogP contribution in [0.1, 0.15) is 18.1 Å². The normalized spacial score (nSPS) is 13.5. The molecule has 0 spiro atoms. The van der Waals surface area contributed by atoms with Crippen molar-refractivity contribution >= 4 is 17.4 Å². The van der Waals surface area contributed by atoms with Crippen LogP contribution in [-0.4, -0.2) is 24.2 Å². The first kappa shape index (κ1) is 17.1. The Morgan fingerprint density at radius 2 is 2.20 bits per heavy atom. The van der Waals surface area contributed by atoms with Gasteiger partial charge >= 0.3 is 12.2 Å². The van der Waals surface area contributed by atoms with E-state index in [0.29, 0.717) is 24.2 Å². The molecule has 0 atom stereocenters. The van der Waals surface area contributed by atoms with Crippen LogP contribution in [-0.2, 0) is 12.6 Å². The highest BCUT2D eigenvalue weighted by Gasteiger charge is 2.37. The molecule has 1 aliphatic rings. The second-order valence-electron chi connectivity index (χ2n) is 5.48. The lowest BCUT2D eigenvalue weighted by Crippen LogP contribution is -2.33. The lowest BCUT2D eigenvalue weighted by atomic mass is 10.1. The average Bonchev–Trinajstić information content (AvgIpc) is 2.97. The van der Waals surface area contributed by atoms with Crippen LogP contribution in [0.4, 0.5) is 29.3 Å². The molecule has 2 aromatic rings. The van der Waals surface area contributed by atoms with Crippen molar-refractivity contribution < 1.29 is 22.7 Å². The molecule has 0 radical (unpaired) electrons. The maximum Gasteiger partial charge on any atom is 0.420 e. The van der Waals surface area contributed by atoms with E-state index >= 15 is 0 Å². The Kier molecular flexibility index (Phi) is 4.52. The number of urea groups is 1. The topological polar surface area (TPSA) is 54.5 Å². The first-order valence-corrected chi connectivity index (χ1v) is 7.75. The standard InChI is InChI=1S/C17H16F3N3O2/c1-2-25-15-8-11-5-7-23(14(11)9-13(15)17(18,19)20)16(24)22-12-4-3-6-21-10-12/h3-4,6,8-10H,2,5,7H2,1H3,(H,22,24). The van der Waals surface area contributed by atoms with Crippen molar-refractivity contribution in [2.75, 3.05) is 23.4 Å². The summed E-state index contributed by atoms with van der Waals surface area (Å²) in [7, 11) is 0. The fourth-order valence-corrected chi connectivity index (χ4v) is 2.75. The quantitative estimate of drug-likeness (QED) is 0.906. The van der Waals surface area contributed by atoms with E-state index in [-0.39, 0.29) is 18.0 Å². The molecular weight excluding hydrogens is 335 g/mol. The molecule has 0 bridgehead atoms. The number of rotatable bonds is 3. The van der Waals surface area contributed by atoms with Gasteiger partial charge in [0.25, 0.3) is 0 Å². The van der Waals surface area contributed by atoms with Gasteiger partial charge in [0.15, 0.2) is 0 Å². The number of ether oxygens (including phenoxy) is 1. The lowest BCUT2D eigenvalue weighted by Gasteiger charge is -2.20. The van der Waals surface area contributed by atoms with Gasteiger partial charge in [-0.15, -0.1) is 0 Å². The Balaban J connectivity index is 1.92. The number of fused-ring (bicyclic) bond motifs is 1. The Hall–Kier alpha value is -2.77. The fourth-order valence-electron chi connectivity index (χ4n) is 2.75. The molecule has 25 heavy (non-hydrogen) atoms. The third-order valence-corrected chi connectivity index (χ3v) is 3.84. The molecule has 5 nitrogen and oxygen atoms in total. The third-order valence-electron chi connectivity index (χ3n) is 3.84. The minimum absolute atomic E-state index is 0.132. The van der Waals surface area contributed by atoms with Crippen molar-refractivity contribution in [2.24, 2.45) is 0 Å². The van der Waals surface area contributed by atoms with Crippen LogP contribution in [0.25, 0.3) is 0 Å². The minimum atomic E-state index is -4.56. The van der Waals surface area contributed by atoms with Crippen LogP contribution in [0.2, 0.25) is 0 Å². The van der Waals surface area contributed by atoms with Crippen molar-refractivity contribution in [3.8, 4) is 5.75 Å². The molecule has 0 saturated heterocycles. The van der Waals surface area contributed by atoms with E-state index in [1.165, 1.54) is 17.2 Å². The predicted octanol–water partition coefficient (Wildman–Crippen LogP) is 4.09. The Bertz CT molecular complexity index is 779. The predicted molar refractivity (Wildman–Crippen MR) is 86.9 cm³/mol. The smallest absolute Gasteiger partial charge is 0.420 e. The van der Waals surface area contributed by atoms with Crippen molar-refractivity contribution in [2.45, 2.75) is 19.5 Å². The fraction of sp³-hybridized carbons (Fsp3) is 0.294. The molecule has 0 aliphatic carbocycles. The number of hydrogen-bond donors (Lipinski definition) is 1. The van der Waals surface area contributed by atoms with E-state index in [1.54, 1.807) is 25.3 Å². The number of benzene rings is 1. The molecule has 1 aromatic carbocycles. The molecule has 2 amide bonds. The molecular formula is C17H16F3N3O2. The van der Waals surface area contributed by atoms with Crippen molar-refractivity contribution in [3.05, 3.63) is 47.8 Å². The van der Waals surface area contributed by atoms with Gasteiger partial charge in [-0.3, -0.25) is 9.88 Å². The second kappa shape index (κ2) is 6.62. The van der Waals surface area contributed by atoms with Gasteiger partial charge in [0.2, 0.25) is 0 Å². The summed E-state index contributed by atoms with van der Waals surface area (Å²) in [5, 5.41) is 2.63. The first-order chi connectivity index (χ1) is 11.9. The van der Waals surface area contributed by atoms with Crippen molar-refractivity contribution in [1.29, 1.82) is 0 Å². The van der Waals surface area contributed by atoms with E-state index in [2.05, 4.69) is 10.3 Å². The van der Waals surface area contributed by atoms with Gasteiger partial charge in [-0.05, 0) is 43.2 Å². The monoisotopic (exact) mass is 351 g/mol. The van der Waals surface area contributed by atoms with Crippen molar-refractivity contribution in [1.82, 2.24) is 4.98 Å². The van der Waals surface area contributed by atoms with Crippen molar-refractivity contribution in [3.63, 3.8) is 0 Å². The van der Waals surface area contributed by atoms with Gasteiger partial charge in [-0.2, -0.15) is 13.2 Å². The van der Waals surface area contributed by atoms with E-state index < -0.39 is 17.8 Å². The molecule has 0 unspecified atom stereocenters. The summed E-state index contributed by atoms with van der Waals surface area (Å²) in [6.45, 7) is 2.06. The highest BCUT2D eigenvalue weighted by molar-refractivity contribution is 6.03. The van der Waals surface area contributed by atoms with Gasteiger partial charge in [0.05, 0.1) is 24.1 Å². The summed E-state index contributed by atoms with van der Waals surface area (Å²) in [5.74, 6) is -0.205. The van der Waals surface area contributed by atoms with Crippen LogP contribution >= 0.6 is 0 Å². The molecule has 1 aromatic heterocycles. The van der Waals surface area contributed by atoms with Gasteiger partial charge in [0, 0.05) is 18.4 Å². The molecule has 0 fully saturated rings.